The summed E-state index contributed by atoms with van der Waals surface area (Å²) in [6.45, 7) is 1.36. The number of nitrogens with one attached hydrogen (secondary N) is 1. The first-order valence-electron chi connectivity index (χ1n) is 9.64. The predicted octanol–water partition coefficient (Wildman–Crippen LogP) is 3.05. The molecule has 0 spiro atoms. The van der Waals surface area contributed by atoms with Gasteiger partial charge in [-0.15, -0.1) is 0 Å². The number of para-hydroxylation sites is 1. The molecule has 0 unspecified atom stereocenters. The zero-order valence-electron chi connectivity index (χ0n) is 17.6. The minimum atomic E-state index is -4.03. The molecule has 2 N–H and O–H groups in total. The third-order valence-corrected chi connectivity index (χ3v) is 6.37. The Labute approximate surface area is 186 Å². The number of carbonyl (C=O) groups excluding carboxylic acids is 1. The average Bonchev–Trinajstić information content (AvgIpc) is 2.79. The lowest BCUT2D eigenvalue weighted by atomic mass is 10.2. The zero-order valence-corrected chi connectivity index (χ0v) is 18.4. The van der Waals surface area contributed by atoms with Crippen molar-refractivity contribution in [3.8, 4) is 11.5 Å². The lowest BCUT2D eigenvalue weighted by Gasteiger charge is -2.24. The van der Waals surface area contributed by atoms with E-state index in [9.17, 15) is 18.3 Å². The number of methoxy groups -OCH3 is 1. The lowest BCUT2D eigenvalue weighted by Crippen LogP contribution is -2.39. The molecule has 1 amide bonds. The Morgan fingerprint density at radius 1 is 1.06 bits per heavy atom. The number of nitrogens with zero attached hydrogens (tertiary/aromatic N) is 2. The Hall–Kier alpha value is -3.85. The summed E-state index contributed by atoms with van der Waals surface area (Å²) >= 11 is 0. The van der Waals surface area contributed by atoms with Crippen LogP contribution in [-0.4, -0.2) is 39.3 Å². The number of hydrogen-bond acceptors (Lipinski definition) is 6. The molecule has 166 valence electrons. The number of aromatic hydroxyl groups is 1. The van der Waals surface area contributed by atoms with Gasteiger partial charge in [0.1, 0.15) is 18.0 Å². The van der Waals surface area contributed by atoms with Crippen molar-refractivity contribution in [3.63, 3.8) is 0 Å². The summed E-state index contributed by atoms with van der Waals surface area (Å²) in [6.07, 6.45) is 1.28. The van der Waals surface area contributed by atoms with Crippen molar-refractivity contribution in [3.05, 3.63) is 83.9 Å². The second-order valence-electron chi connectivity index (χ2n) is 6.87. The van der Waals surface area contributed by atoms with Crippen molar-refractivity contribution in [2.24, 2.45) is 5.10 Å². The fourth-order valence-electron chi connectivity index (χ4n) is 2.84. The average molecular weight is 454 g/mol. The third-order valence-electron chi connectivity index (χ3n) is 4.59. The van der Waals surface area contributed by atoms with E-state index in [0.717, 1.165) is 9.87 Å². The van der Waals surface area contributed by atoms with E-state index in [1.54, 1.807) is 54.6 Å². The van der Waals surface area contributed by atoms with Crippen LogP contribution in [0.1, 0.15) is 11.1 Å². The number of hydrogen-bond donors (Lipinski definition) is 2. The van der Waals surface area contributed by atoms with Gasteiger partial charge >= 0.3 is 0 Å². The molecule has 9 heteroatoms. The summed E-state index contributed by atoms with van der Waals surface area (Å²) in [5.41, 5.74) is 3.92. The number of sulfonamides is 1. The van der Waals surface area contributed by atoms with Crippen LogP contribution in [0.4, 0.5) is 5.69 Å². The Bertz CT molecular complexity index is 1210. The van der Waals surface area contributed by atoms with Gasteiger partial charge in [0.05, 0.1) is 23.9 Å². The normalized spacial score (nSPS) is 11.3. The Kier molecular flexibility index (Phi) is 7.11. The molecule has 3 aromatic carbocycles. The summed E-state index contributed by atoms with van der Waals surface area (Å²) in [5, 5.41) is 13.6. The van der Waals surface area contributed by atoms with Gasteiger partial charge in [0.25, 0.3) is 15.9 Å². The monoisotopic (exact) mass is 453 g/mol. The van der Waals surface area contributed by atoms with E-state index in [0.29, 0.717) is 17.0 Å². The summed E-state index contributed by atoms with van der Waals surface area (Å²) < 4.78 is 32.8. The fourth-order valence-corrected chi connectivity index (χ4v) is 4.26. The molecule has 0 aliphatic carbocycles. The largest absolute Gasteiger partial charge is 0.507 e. The first kappa shape index (κ1) is 22.8. The van der Waals surface area contributed by atoms with Crippen molar-refractivity contribution in [1.29, 1.82) is 0 Å². The van der Waals surface area contributed by atoms with Crippen LogP contribution >= 0.6 is 0 Å². The number of anilines is 1. The van der Waals surface area contributed by atoms with Gasteiger partial charge in [-0.1, -0.05) is 29.8 Å². The van der Waals surface area contributed by atoms with E-state index < -0.39 is 22.5 Å². The van der Waals surface area contributed by atoms with Crippen molar-refractivity contribution in [2.45, 2.75) is 11.8 Å². The van der Waals surface area contributed by atoms with Crippen LogP contribution in [0.5, 0.6) is 11.5 Å². The minimum absolute atomic E-state index is 0.00677. The van der Waals surface area contributed by atoms with Crippen molar-refractivity contribution >= 4 is 27.8 Å². The number of hydrazone groups is 1. The van der Waals surface area contributed by atoms with E-state index in [4.69, 9.17) is 4.74 Å². The van der Waals surface area contributed by atoms with E-state index in [1.165, 1.54) is 31.5 Å². The maximum atomic E-state index is 13.3. The highest BCUT2D eigenvalue weighted by Gasteiger charge is 2.27. The van der Waals surface area contributed by atoms with Gasteiger partial charge in [0, 0.05) is 5.56 Å². The molecule has 0 atom stereocenters. The Morgan fingerprint density at radius 2 is 1.72 bits per heavy atom. The van der Waals surface area contributed by atoms with Crippen molar-refractivity contribution in [1.82, 2.24) is 5.43 Å². The molecule has 0 heterocycles. The molecule has 0 bridgehead atoms. The molecule has 0 saturated heterocycles. The number of carbonyl (C=O) groups is 1. The number of ether oxygens (including phenoxy) is 1. The van der Waals surface area contributed by atoms with Crippen LogP contribution in [0.15, 0.2) is 82.8 Å². The van der Waals surface area contributed by atoms with E-state index in [-0.39, 0.29) is 10.6 Å². The Balaban J connectivity index is 1.85. The molecule has 0 saturated carbocycles. The molecule has 3 aromatic rings. The van der Waals surface area contributed by atoms with Gasteiger partial charge in [0.2, 0.25) is 0 Å². The van der Waals surface area contributed by atoms with Gasteiger partial charge in [-0.3, -0.25) is 9.10 Å². The molecule has 32 heavy (non-hydrogen) atoms. The number of benzene rings is 3. The van der Waals surface area contributed by atoms with Crippen LogP contribution in [0.3, 0.4) is 0 Å². The molecule has 0 aromatic heterocycles. The standard InChI is InChI=1S/C23H23N3O5S/c1-17-7-13-21(14-8-17)32(29,30)26(19-9-11-20(31-2)12-10-19)16-23(28)25-24-15-18-5-3-4-6-22(18)27/h3-15,27H,16H2,1-2H3,(H,25,28)/b24-15-. The fraction of sp³-hybridized carbons (Fsp3) is 0.130. The highest BCUT2D eigenvalue weighted by molar-refractivity contribution is 7.92. The molecule has 0 aliphatic rings. The van der Waals surface area contributed by atoms with Crippen LogP contribution in [0, 0.1) is 6.92 Å². The zero-order chi connectivity index (χ0) is 23.1. The highest BCUT2D eigenvalue weighted by atomic mass is 32.2. The summed E-state index contributed by atoms with van der Waals surface area (Å²) in [5.74, 6) is -0.0892. The number of amides is 1. The van der Waals surface area contributed by atoms with Crippen LogP contribution in [0.25, 0.3) is 0 Å². The second kappa shape index (κ2) is 9.97. The number of aryl methyl sites for hydroxylation is 1. The summed E-state index contributed by atoms with van der Waals surface area (Å²) in [4.78, 5) is 12.6. The maximum absolute atomic E-state index is 13.3. The van der Waals surface area contributed by atoms with E-state index in [2.05, 4.69) is 10.5 Å². The van der Waals surface area contributed by atoms with Crippen LogP contribution < -0.4 is 14.5 Å². The number of rotatable bonds is 8. The summed E-state index contributed by atoms with van der Waals surface area (Å²) in [6, 6.07) is 19.2. The van der Waals surface area contributed by atoms with Gasteiger partial charge < -0.3 is 9.84 Å². The first-order chi connectivity index (χ1) is 15.3. The van der Waals surface area contributed by atoms with E-state index >= 15 is 0 Å². The predicted molar refractivity (Wildman–Crippen MR) is 123 cm³/mol. The van der Waals surface area contributed by atoms with Crippen LogP contribution in [0.2, 0.25) is 0 Å². The van der Waals surface area contributed by atoms with E-state index in [1.807, 2.05) is 6.92 Å². The van der Waals surface area contributed by atoms with Gasteiger partial charge in [-0.2, -0.15) is 5.10 Å². The van der Waals surface area contributed by atoms with Crippen molar-refractivity contribution < 1.29 is 23.1 Å². The molecular formula is C23H23N3O5S. The molecule has 0 fully saturated rings. The minimum Gasteiger partial charge on any atom is -0.507 e. The molecule has 0 aliphatic heterocycles. The second-order valence-corrected chi connectivity index (χ2v) is 8.74. The van der Waals surface area contributed by atoms with Gasteiger partial charge in [-0.25, -0.2) is 13.8 Å². The molecular weight excluding hydrogens is 430 g/mol. The quantitative estimate of drug-likeness (QED) is 0.403. The van der Waals surface area contributed by atoms with Gasteiger partial charge in [0.15, 0.2) is 0 Å². The lowest BCUT2D eigenvalue weighted by molar-refractivity contribution is -0.119. The molecule has 8 nitrogen and oxygen atoms in total. The first-order valence-corrected chi connectivity index (χ1v) is 11.1. The van der Waals surface area contributed by atoms with Crippen molar-refractivity contribution in [2.75, 3.05) is 18.0 Å². The molecule has 3 rings (SSSR count). The third kappa shape index (κ3) is 5.44. The molecule has 0 radical (unpaired) electrons. The maximum Gasteiger partial charge on any atom is 0.264 e. The van der Waals surface area contributed by atoms with Crippen LogP contribution in [-0.2, 0) is 14.8 Å². The number of phenolic OH excluding ortho intramolecular Hbond substituents is 1. The Morgan fingerprint density at radius 3 is 2.34 bits per heavy atom. The smallest absolute Gasteiger partial charge is 0.264 e. The SMILES string of the molecule is COc1ccc(N(CC(=O)N/N=C\c2ccccc2O)S(=O)(=O)c2ccc(C)cc2)cc1. The highest BCUT2D eigenvalue weighted by Crippen LogP contribution is 2.26. The number of phenols is 1. The van der Waals surface area contributed by atoms with Gasteiger partial charge in [-0.05, 0) is 55.5 Å². The topological polar surface area (TPSA) is 108 Å². The summed E-state index contributed by atoms with van der Waals surface area (Å²) in [7, 11) is -2.52.